The monoisotopic (exact) mass is 763 g/mol. The summed E-state index contributed by atoms with van der Waals surface area (Å²) in [4.78, 5) is 55.7. The number of likely N-dealkylation sites (N-methyl/N-ethyl adjacent to an activating group) is 1. The van der Waals surface area contributed by atoms with Crippen molar-refractivity contribution in [3.05, 3.63) is 55.6 Å². The summed E-state index contributed by atoms with van der Waals surface area (Å²) in [6.07, 6.45) is -3.95. The first-order chi connectivity index (χ1) is 25.4. The SMILES string of the molecule is Cc1c(C)c(C(=O)NC(CO)CO)c(C)c(N(C)CC(O)C(O)CN(C=O)c2c(C)c(C(=O)NCC(O)CO)c(C)c(C(=O)NC(CO)CO)c2C)c1C. The van der Waals surface area contributed by atoms with Crippen molar-refractivity contribution < 1.29 is 60.0 Å². The van der Waals surface area contributed by atoms with Gasteiger partial charge in [-0.3, -0.25) is 19.2 Å². The summed E-state index contributed by atoms with van der Waals surface area (Å²) >= 11 is 0. The molecule has 0 bridgehead atoms. The van der Waals surface area contributed by atoms with E-state index >= 15 is 0 Å². The van der Waals surface area contributed by atoms with Crippen LogP contribution < -0.4 is 25.8 Å². The Morgan fingerprint density at radius 1 is 0.574 bits per heavy atom. The number of anilines is 2. The molecule has 0 heterocycles. The fourth-order valence-electron chi connectivity index (χ4n) is 6.74. The molecule has 0 radical (unpaired) electrons. The first-order valence-corrected chi connectivity index (χ1v) is 17.5. The molecule has 0 spiro atoms. The summed E-state index contributed by atoms with van der Waals surface area (Å²) in [7, 11) is 1.66. The molecule has 3 unspecified atom stereocenters. The largest absolute Gasteiger partial charge is 0.394 e. The van der Waals surface area contributed by atoms with Gasteiger partial charge in [0.1, 0.15) is 0 Å². The lowest BCUT2D eigenvalue weighted by molar-refractivity contribution is -0.108. The van der Waals surface area contributed by atoms with Gasteiger partial charge in [-0.25, -0.2) is 0 Å². The maximum absolute atomic E-state index is 13.5. The van der Waals surface area contributed by atoms with E-state index in [0.717, 1.165) is 16.0 Å². The molecule has 2 aromatic carbocycles. The minimum absolute atomic E-state index is 0.0399. The van der Waals surface area contributed by atoms with Crippen LogP contribution in [-0.4, -0.2) is 155 Å². The van der Waals surface area contributed by atoms with Crippen LogP contribution in [0.1, 0.15) is 70.0 Å². The molecule has 0 aliphatic carbocycles. The average Bonchev–Trinajstić information content (AvgIpc) is 3.13. The number of aliphatic hydroxyl groups is 8. The van der Waals surface area contributed by atoms with E-state index in [1.165, 1.54) is 20.8 Å². The number of nitrogens with one attached hydrogen (secondary N) is 3. The summed E-state index contributed by atoms with van der Waals surface area (Å²) in [6.45, 7) is 7.99. The van der Waals surface area contributed by atoms with Gasteiger partial charge in [0, 0.05) is 42.5 Å². The normalized spacial score (nSPS) is 13.1. The number of carbonyl (C=O) groups excluding carboxylic acids is 4. The quantitative estimate of drug-likeness (QED) is 0.0648. The average molecular weight is 764 g/mol. The van der Waals surface area contributed by atoms with E-state index in [2.05, 4.69) is 16.0 Å². The lowest BCUT2D eigenvalue weighted by atomic mass is 9.89. The Labute approximate surface area is 315 Å². The highest BCUT2D eigenvalue weighted by molar-refractivity contribution is 6.07. The number of carbonyl (C=O) groups is 4. The van der Waals surface area contributed by atoms with Crippen LogP contribution in [0.5, 0.6) is 0 Å². The van der Waals surface area contributed by atoms with Crippen molar-refractivity contribution in [2.45, 2.75) is 78.9 Å². The topological polar surface area (TPSA) is 273 Å². The minimum atomic E-state index is -1.58. The minimum Gasteiger partial charge on any atom is -0.394 e. The van der Waals surface area contributed by atoms with E-state index in [1.54, 1.807) is 25.8 Å². The molecule has 2 rings (SSSR count). The van der Waals surface area contributed by atoms with Crippen LogP contribution in [0.4, 0.5) is 11.4 Å². The highest BCUT2D eigenvalue weighted by Crippen LogP contribution is 2.35. The summed E-state index contributed by atoms with van der Waals surface area (Å²) < 4.78 is 0. The zero-order valence-corrected chi connectivity index (χ0v) is 32.2. The van der Waals surface area contributed by atoms with Crippen molar-refractivity contribution in [3.8, 4) is 0 Å². The number of hydrogen-bond acceptors (Lipinski definition) is 13. The summed E-state index contributed by atoms with van der Waals surface area (Å²) in [5, 5.41) is 87.4. The predicted octanol–water partition coefficient (Wildman–Crippen LogP) is -2.08. The molecule has 17 heteroatoms. The number of benzene rings is 2. The highest BCUT2D eigenvalue weighted by Gasteiger charge is 2.31. The Bertz CT molecular complexity index is 1660. The number of amides is 4. The molecule has 0 aliphatic rings. The third-order valence-corrected chi connectivity index (χ3v) is 9.82. The zero-order valence-electron chi connectivity index (χ0n) is 32.2. The van der Waals surface area contributed by atoms with Gasteiger partial charge < -0.3 is 66.6 Å². The Hall–Kier alpha value is -4.20. The Balaban J connectivity index is 2.57. The molecule has 0 aliphatic heterocycles. The van der Waals surface area contributed by atoms with Crippen molar-refractivity contribution in [1.82, 2.24) is 16.0 Å². The molecule has 0 fully saturated rings. The van der Waals surface area contributed by atoms with Gasteiger partial charge in [-0.2, -0.15) is 0 Å². The molecule has 3 atom stereocenters. The number of nitrogens with zero attached hydrogens (tertiary/aromatic N) is 2. The van der Waals surface area contributed by atoms with Crippen LogP contribution in [0, 0.1) is 48.5 Å². The lowest BCUT2D eigenvalue weighted by Gasteiger charge is -2.33. The molecule has 4 amide bonds. The molecule has 17 nitrogen and oxygen atoms in total. The Kier molecular flexibility index (Phi) is 17.4. The Morgan fingerprint density at radius 3 is 1.44 bits per heavy atom. The van der Waals surface area contributed by atoms with E-state index in [0.29, 0.717) is 28.8 Å². The van der Waals surface area contributed by atoms with Gasteiger partial charge in [-0.1, -0.05) is 0 Å². The predicted molar refractivity (Wildman–Crippen MR) is 201 cm³/mol. The van der Waals surface area contributed by atoms with Gasteiger partial charge in [-0.05, 0) is 87.4 Å². The lowest BCUT2D eigenvalue weighted by Crippen LogP contribution is -2.45. The van der Waals surface area contributed by atoms with Crippen LogP contribution in [0.3, 0.4) is 0 Å². The first kappa shape index (κ1) is 46.0. The molecule has 302 valence electrons. The van der Waals surface area contributed by atoms with Gasteiger partial charge in [0.2, 0.25) is 6.41 Å². The molecule has 0 saturated carbocycles. The van der Waals surface area contributed by atoms with Crippen molar-refractivity contribution in [2.24, 2.45) is 0 Å². The zero-order chi connectivity index (χ0) is 41.2. The number of rotatable bonds is 20. The summed E-state index contributed by atoms with van der Waals surface area (Å²) in [5.41, 5.74) is 4.36. The number of aliphatic hydroxyl groups excluding tert-OH is 8. The highest BCUT2D eigenvalue weighted by atomic mass is 16.3. The van der Waals surface area contributed by atoms with Crippen LogP contribution in [0.25, 0.3) is 0 Å². The van der Waals surface area contributed by atoms with Gasteiger partial charge >= 0.3 is 0 Å². The maximum atomic E-state index is 13.5. The van der Waals surface area contributed by atoms with Crippen LogP contribution >= 0.6 is 0 Å². The van der Waals surface area contributed by atoms with Gasteiger partial charge in [0.25, 0.3) is 17.7 Å². The third kappa shape index (κ3) is 10.3. The summed E-state index contributed by atoms with van der Waals surface area (Å²) in [5.74, 6) is -2.01. The van der Waals surface area contributed by atoms with E-state index in [1.807, 2.05) is 13.8 Å². The standard InChI is InChI=1S/C37H57N5O12/c1-18-19(2)30(36(53)39-25(12-43)13-44)22(5)33(20(18)3)41(8)10-28(50)29(51)11-42(17-48)34-23(6)31(35(52)38-9-27(49)16-47)21(4)32(24(34)7)37(54)40-26(14-45)15-46/h17,25-29,43-47,49-51H,9-16H2,1-8H3,(H,38,52)(H,39,53)(H,40,54). The van der Waals surface area contributed by atoms with E-state index < -0.39 is 87.7 Å². The molecule has 54 heavy (non-hydrogen) atoms. The van der Waals surface area contributed by atoms with Crippen LogP contribution in [0.2, 0.25) is 0 Å². The smallest absolute Gasteiger partial charge is 0.252 e. The molecule has 0 saturated heterocycles. The fourth-order valence-corrected chi connectivity index (χ4v) is 6.74. The maximum Gasteiger partial charge on any atom is 0.252 e. The molecule has 2 aromatic rings. The molecule has 0 aromatic heterocycles. The third-order valence-electron chi connectivity index (χ3n) is 9.82. The first-order valence-electron chi connectivity index (χ1n) is 17.5. The molecule has 11 N–H and O–H groups in total. The van der Waals surface area contributed by atoms with E-state index in [-0.39, 0.29) is 46.6 Å². The van der Waals surface area contributed by atoms with Crippen molar-refractivity contribution in [3.63, 3.8) is 0 Å². The van der Waals surface area contributed by atoms with Crippen LogP contribution in [-0.2, 0) is 4.79 Å². The molecular formula is C37H57N5O12. The Morgan fingerprint density at radius 2 is 1.00 bits per heavy atom. The van der Waals surface area contributed by atoms with E-state index in [4.69, 9.17) is 0 Å². The van der Waals surface area contributed by atoms with Gasteiger partial charge in [0.15, 0.2) is 0 Å². The second-order valence-electron chi connectivity index (χ2n) is 13.6. The van der Waals surface area contributed by atoms with E-state index in [9.17, 15) is 60.0 Å². The summed E-state index contributed by atoms with van der Waals surface area (Å²) in [6, 6.07) is -1.91. The second kappa shape index (κ2) is 20.5. The van der Waals surface area contributed by atoms with Crippen molar-refractivity contribution >= 4 is 35.5 Å². The van der Waals surface area contributed by atoms with Gasteiger partial charge in [0.05, 0.1) is 75.7 Å². The van der Waals surface area contributed by atoms with Crippen molar-refractivity contribution in [1.29, 1.82) is 0 Å². The fraction of sp³-hybridized carbons (Fsp3) is 0.568. The van der Waals surface area contributed by atoms with Crippen LogP contribution in [0.15, 0.2) is 0 Å². The number of hydrogen-bond donors (Lipinski definition) is 11. The van der Waals surface area contributed by atoms with Gasteiger partial charge in [-0.15, -0.1) is 0 Å². The molecular weight excluding hydrogens is 706 g/mol. The van der Waals surface area contributed by atoms with Crippen molar-refractivity contribution in [2.75, 3.05) is 69.5 Å². The second-order valence-corrected chi connectivity index (χ2v) is 13.6.